The fraction of sp³-hybridized carbons (Fsp3) is 0.312. The quantitative estimate of drug-likeness (QED) is 0.574. The molecule has 128 valence electrons. The molecular formula is C16H17NO6S. The van der Waals surface area contributed by atoms with Gasteiger partial charge < -0.3 is 14.2 Å². The first kappa shape index (κ1) is 17.9. The van der Waals surface area contributed by atoms with E-state index in [1.54, 1.807) is 31.2 Å². The van der Waals surface area contributed by atoms with Gasteiger partial charge in [-0.25, -0.2) is 0 Å². The maximum Gasteiger partial charge on any atom is 0.326 e. The van der Waals surface area contributed by atoms with Crippen LogP contribution in [-0.2, 0) is 14.3 Å². The van der Waals surface area contributed by atoms with Crippen molar-refractivity contribution in [2.24, 2.45) is 0 Å². The molecule has 0 N–H and O–H groups in total. The first-order chi connectivity index (χ1) is 11.5. The maximum absolute atomic E-state index is 12.3. The van der Waals surface area contributed by atoms with Gasteiger partial charge in [-0.05, 0) is 42.5 Å². The van der Waals surface area contributed by atoms with E-state index >= 15 is 0 Å². The molecule has 0 unspecified atom stereocenters. The number of carbonyl (C=O) groups is 3. The third-order valence-corrected chi connectivity index (χ3v) is 4.08. The molecule has 7 nitrogen and oxygen atoms in total. The average Bonchev–Trinajstić information content (AvgIpc) is 2.82. The smallest absolute Gasteiger partial charge is 0.326 e. The maximum atomic E-state index is 12.3. The summed E-state index contributed by atoms with van der Waals surface area (Å²) >= 11 is 0.779. The Hall–Kier alpha value is -2.48. The zero-order valence-electron chi connectivity index (χ0n) is 13.5. The van der Waals surface area contributed by atoms with Crippen LogP contribution in [0.5, 0.6) is 11.5 Å². The monoisotopic (exact) mass is 351 g/mol. The lowest BCUT2D eigenvalue weighted by Crippen LogP contribution is -2.34. The van der Waals surface area contributed by atoms with Gasteiger partial charge in [0.25, 0.3) is 11.1 Å². The van der Waals surface area contributed by atoms with Crippen molar-refractivity contribution in [2.45, 2.75) is 6.92 Å². The van der Waals surface area contributed by atoms with Crippen LogP contribution in [0.15, 0.2) is 23.1 Å². The van der Waals surface area contributed by atoms with E-state index in [2.05, 4.69) is 0 Å². The summed E-state index contributed by atoms with van der Waals surface area (Å²) in [5.41, 5.74) is 0.675. The number of methoxy groups -OCH3 is 2. The second-order valence-corrected chi connectivity index (χ2v) is 5.68. The van der Waals surface area contributed by atoms with E-state index in [-0.39, 0.29) is 18.1 Å². The molecule has 0 bridgehead atoms. The molecule has 0 radical (unpaired) electrons. The van der Waals surface area contributed by atoms with Crippen molar-refractivity contribution in [2.75, 3.05) is 27.4 Å². The highest BCUT2D eigenvalue weighted by Crippen LogP contribution is 2.34. The molecule has 0 aliphatic carbocycles. The molecule has 0 spiro atoms. The fourth-order valence-corrected chi connectivity index (χ4v) is 2.90. The van der Waals surface area contributed by atoms with Crippen molar-refractivity contribution >= 4 is 35.0 Å². The molecule has 0 atom stereocenters. The number of ether oxygens (including phenoxy) is 3. The summed E-state index contributed by atoms with van der Waals surface area (Å²) < 4.78 is 15.1. The molecule has 24 heavy (non-hydrogen) atoms. The van der Waals surface area contributed by atoms with Gasteiger partial charge in [0.1, 0.15) is 6.54 Å². The zero-order chi connectivity index (χ0) is 17.7. The number of thioether (sulfide) groups is 1. The number of nitrogens with zero attached hydrogens (tertiary/aromatic N) is 1. The summed E-state index contributed by atoms with van der Waals surface area (Å²) in [6.45, 7) is 1.46. The Morgan fingerprint density at radius 2 is 1.92 bits per heavy atom. The van der Waals surface area contributed by atoms with Gasteiger partial charge >= 0.3 is 5.97 Å². The lowest BCUT2D eigenvalue weighted by atomic mass is 10.2. The Kier molecular flexibility index (Phi) is 5.86. The van der Waals surface area contributed by atoms with Gasteiger partial charge in [-0.15, -0.1) is 0 Å². The minimum atomic E-state index is -0.618. The summed E-state index contributed by atoms with van der Waals surface area (Å²) in [6, 6.07) is 5.13. The molecule has 1 aliphatic rings. The molecule has 1 aromatic carbocycles. The standard InChI is InChI=1S/C16H17NO6S/c1-4-23-14(18)9-17-15(19)13(24-16(17)20)8-10-5-6-11(21-2)12(7-10)22-3/h5-8H,4,9H2,1-3H3. The van der Waals surface area contributed by atoms with E-state index in [0.29, 0.717) is 17.1 Å². The largest absolute Gasteiger partial charge is 0.493 e. The summed E-state index contributed by atoms with van der Waals surface area (Å²) in [4.78, 5) is 36.8. The van der Waals surface area contributed by atoms with Gasteiger partial charge in [0.15, 0.2) is 11.5 Å². The number of amides is 2. The van der Waals surface area contributed by atoms with Crippen LogP contribution >= 0.6 is 11.8 Å². The summed E-state index contributed by atoms with van der Waals surface area (Å²) in [5, 5.41) is -0.500. The normalized spacial score (nSPS) is 15.8. The Labute approximate surface area is 143 Å². The summed E-state index contributed by atoms with van der Waals surface area (Å²) in [7, 11) is 3.03. The van der Waals surface area contributed by atoms with Crippen LogP contribution in [0.3, 0.4) is 0 Å². The molecule has 1 aromatic rings. The van der Waals surface area contributed by atoms with Crippen LogP contribution in [0.4, 0.5) is 4.79 Å². The van der Waals surface area contributed by atoms with Crippen molar-refractivity contribution in [1.82, 2.24) is 4.90 Å². The molecule has 0 saturated carbocycles. The average molecular weight is 351 g/mol. The Balaban J connectivity index is 2.21. The molecule has 1 saturated heterocycles. The van der Waals surface area contributed by atoms with Crippen LogP contribution < -0.4 is 9.47 Å². The molecule has 0 aromatic heterocycles. The van der Waals surface area contributed by atoms with E-state index in [1.807, 2.05) is 0 Å². The predicted molar refractivity (Wildman–Crippen MR) is 88.9 cm³/mol. The third kappa shape index (κ3) is 3.88. The summed E-state index contributed by atoms with van der Waals surface area (Å²) in [5.74, 6) is -0.0675. The van der Waals surface area contributed by atoms with Crippen molar-refractivity contribution in [3.8, 4) is 11.5 Å². The highest BCUT2D eigenvalue weighted by atomic mass is 32.2. The number of rotatable bonds is 6. The number of hydrogen-bond acceptors (Lipinski definition) is 7. The van der Waals surface area contributed by atoms with Gasteiger partial charge in [-0.2, -0.15) is 0 Å². The van der Waals surface area contributed by atoms with Gasteiger partial charge in [-0.3, -0.25) is 19.3 Å². The molecule has 8 heteroatoms. The Morgan fingerprint density at radius 1 is 1.21 bits per heavy atom. The van der Waals surface area contributed by atoms with E-state index in [0.717, 1.165) is 16.7 Å². The molecule has 2 amide bonds. The van der Waals surface area contributed by atoms with Crippen LogP contribution in [0.2, 0.25) is 0 Å². The van der Waals surface area contributed by atoms with Crippen LogP contribution in [0.1, 0.15) is 12.5 Å². The van der Waals surface area contributed by atoms with Crippen LogP contribution in [0.25, 0.3) is 6.08 Å². The van der Waals surface area contributed by atoms with E-state index < -0.39 is 17.1 Å². The highest BCUT2D eigenvalue weighted by molar-refractivity contribution is 8.18. The van der Waals surface area contributed by atoms with Gasteiger partial charge in [0.2, 0.25) is 0 Å². The third-order valence-electron chi connectivity index (χ3n) is 3.17. The highest BCUT2D eigenvalue weighted by Gasteiger charge is 2.36. The van der Waals surface area contributed by atoms with Gasteiger partial charge in [0.05, 0.1) is 25.7 Å². The molecule has 1 aliphatic heterocycles. The number of esters is 1. The molecular weight excluding hydrogens is 334 g/mol. The molecule has 2 rings (SSSR count). The van der Waals surface area contributed by atoms with Crippen molar-refractivity contribution in [1.29, 1.82) is 0 Å². The van der Waals surface area contributed by atoms with E-state index in [9.17, 15) is 14.4 Å². The lowest BCUT2D eigenvalue weighted by Gasteiger charge is -2.10. The first-order valence-corrected chi connectivity index (χ1v) is 7.94. The summed E-state index contributed by atoms with van der Waals surface area (Å²) in [6.07, 6.45) is 1.57. The number of benzene rings is 1. The minimum absolute atomic E-state index is 0.191. The SMILES string of the molecule is CCOC(=O)CN1C(=O)SC(=Cc2ccc(OC)c(OC)c2)C1=O. The number of hydrogen-bond donors (Lipinski definition) is 0. The Bertz CT molecular complexity index is 700. The predicted octanol–water partition coefficient (Wildman–Crippen LogP) is 2.30. The second-order valence-electron chi connectivity index (χ2n) is 4.69. The molecule has 1 fully saturated rings. The molecule has 1 heterocycles. The van der Waals surface area contributed by atoms with Crippen LogP contribution in [0, 0.1) is 0 Å². The van der Waals surface area contributed by atoms with E-state index in [1.165, 1.54) is 14.2 Å². The lowest BCUT2D eigenvalue weighted by molar-refractivity contribution is -0.145. The zero-order valence-corrected chi connectivity index (χ0v) is 14.3. The van der Waals surface area contributed by atoms with Crippen LogP contribution in [-0.4, -0.2) is 49.4 Å². The van der Waals surface area contributed by atoms with Gasteiger partial charge in [-0.1, -0.05) is 6.07 Å². The van der Waals surface area contributed by atoms with E-state index in [4.69, 9.17) is 14.2 Å². The minimum Gasteiger partial charge on any atom is -0.493 e. The van der Waals surface area contributed by atoms with Crippen molar-refractivity contribution < 1.29 is 28.6 Å². The number of imide groups is 1. The Morgan fingerprint density at radius 3 is 2.54 bits per heavy atom. The topological polar surface area (TPSA) is 82.1 Å². The van der Waals surface area contributed by atoms with Crippen molar-refractivity contribution in [3.63, 3.8) is 0 Å². The van der Waals surface area contributed by atoms with Crippen molar-refractivity contribution in [3.05, 3.63) is 28.7 Å². The fourth-order valence-electron chi connectivity index (χ4n) is 2.07. The second kappa shape index (κ2) is 7.87. The number of carbonyl (C=O) groups excluding carboxylic acids is 3. The first-order valence-electron chi connectivity index (χ1n) is 7.13. The van der Waals surface area contributed by atoms with Gasteiger partial charge in [0, 0.05) is 0 Å².